The molecule has 1 atom stereocenters. The summed E-state index contributed by atoms with van der Waals surface area (Å²) in [5.41, 5.74) is 2.59. The van der Waals surface area contributed by atoms with Crippen LogP contribution in [0.3, 0.4) is 0 Å². The molecule has 1 amide bonds. The predicted molar refractivity (Wildman–Crippen MR) is 93.2 cm³/mol. The number of anilines is 1. The number of fused-ring (bicyclic) bond motifs is 1. The zero-order valence-electron chi connectivity index (χ0n) is 13.7. The second-order valence-corrected chi connectivity index (χ2v) is 7.81. The summed E-state index contributed by atoms with van der Waals surface area (Å²) >= 11 is 0. The SMILES string of the molecule is CC(=O)N1c2ccc(S(=O)(=O)NCc3ccccc3)cc2CC1C. The van der Waals surface area contributed by atoms with E-state index in [-0.39, 0.29) is 23.4 Å². The monoisotopic (exact) mass is 344 g/mol. The number of rotatable bonds is 4. The van der Waals surface area contributed by atoms with E-state index in [1.54, 1.807) is 23.1 Å². The topological polar surface area (TPSA) is 66.5 Å². The van der Waals surface area contributed by atoms with Crippen molar-refractivity contribution >= 4 is 21.6 Å². The summed E-state index contributed by atoms with van der Waals surface area (Å²) in [6, 6.07) is 14.4. The molecule has 2 aromatic carbocycles. The second-order valence-electron chi connectivity index (χ2n) is 6.04. The average Bonchev–Trinajstić information content (AvgIpc) is 2.89. The Morgan fingerprint density at radius 3 is 2.58 bits per heavy atom. The Morgan fingerprint density at radius 2 is 1.92 bits per heavy atom. The van der Waals surface area contributed by atoms with Gasteiger partial charge in [0, 0.05) is 25.2 Å². The molecule has 5 nitrogen and oxygen atoms in total. The summed E-state index contributed by atoms with van der Waals surface area (Å²) in [5, 5.41) is 0. The zero-order chi connectivity index (χ0) is 17.3. The van der Waals surface area contributed by atoms with Crippen LogP contribution >= 0.6 is 0 Å². The van der Waals surface area contributed by atoms with Crippen LogP contribution in [0.5, 0.6) is 0 Å². The van der Waals surface area contributed by atoms with Gasteiger partial charge in [-0.25, -0.2) is 13.1 Å². The molecule has 0 saturated carbocycles. The van der Waals surface area contributed by atoms with Crippen LogP contribution in [0.1, 0.15) is 25.0 Å². The van der Waals surface area contributed by atoms with E-state index in [0.29, 0.717) is 6.42 Å². The summed E-state index contributed by atoms with van der Waals surface area (Å²) in [6.07, 6.45) is 0.664. The summed E-state index contributed by atoms with van der Waals surface area (Å²) in [4.78, 5) is 13.7. The maximum Gasteiger partial charge on any atom is 0.240 e. The summed E-state index contributed by atoms with van der Waals surface area (Å²) < 4.78 is 27.6. The van der Waals surface area contributed by atoms with Gasteiger partial charge in [-0.1, -0.05) is 30.3 Å². The number of sulfonamides is 1. The van der Waals surface area contributed by atoms with Gasteiger partial charge in [0.25, 0.3) is 0 Å². The summed E-state index contributed by atoms with van der Waals surface area (Å²) in [6.45, 7) is 3.73. The lowest BCUT2D eigenvalue weighted by Gasteiger charge is -2.20. The minimum Gasteiger partial charge on any atom is -0.309 e. The normalized spacial score (nSPS) is 16.9. The first-order valence-electron chi connectivity index (χ1n) is 7.85. The van der Waals surface area contributed by atoms with E-state index in [9.17, 15) is 13.2 Å². The van der Waals surface area contributed by atoms with Gasteiger partial charge in [0.1, 0.15) is 0 Å². The Balaban J connectivity index is 1.83. The van der Waals surface area contributed by atoms with Crippen LogP contribution in [0.2, 0.25) is 0 Å². The van der Waals surface area contributed by atoms with Gasteiger partial charge in [0.2, 0.25) is 15.9 Å². The number of nitrogens with one attached hydrogen (secondary N) is 1. The number of amides is 1. The van der Waals surface area contributed by atoms with E-state index in [4.69, 9.17) is 0 Å². The van der Waals surface area contributed by atoms with Crippen LogP contribution in [-0.2, 0) is 27.8 Å². The van der Waals surface area contributed by atoms with Gasteiger partial charge < -0.3 is 4.90 Å². The maximum absolute atomic E-state index is 12.5. The first-order chi connectivity index (χ1) is 11.4. The van der Waals surface area contributed by atoms with Crippen molar-refractivity contribution in [3.05, 3.63) is 59.7 Å². The lowest BCUT2D eigenvalue weighted by atomic mass is 10.1. The molecule has 0 aromatic heterocycles. The fourth-order valence-electron chi connectivity index (χ4n) is 3.11. The highest BCUT2D eigenvalue weighted by Crippen LogP contribution is 2.33. The van der Waals surface area contributed by atoms with Crippen LogP contribution in [-0.4, -0.2) is 20.4 Å². The first-order valence-corrected chi connectivity index (χ1v) is 9.33. The third-order valence-corrected chi connectivity index (χ3v) is 5.62. The van der Waals surface area contributed by atoms with E-state index in [0.717, 1.165) is 16.8 Å². The Labute approximate surface area is 142 Å². The van der Waals surface area contributed by atoms with Crippen molar-refractivity contribution in [2.45, 2.75) is 37.8 Å². The van der Waals surface area contributed by atoms with E-state index >= 15 is 0 Å². The predicted octanol–water partition coefficient (Wildman–Crippen LogP) is 2.46. The molecular formula is C18H20N2O3S. The lowest BCUT2D eigenvalue weighted by molar-refractivity contribution is -0.116. The minimum atomic E-state index is -3.59. The molecule has 126 valence electrons. The molecule has 3 rings (SSSR count). The molecule has 0 fully saturated rings. The molecule has 2 aromatic rings. The average molecular weight is 344 g/mol. The van der Waals surface area contributed by atoms with Gasteiger partial charge in [-0.3, -0.25) is 4.79 Å². The zero-order valence-corrected chi connectivity index (χ0v) is 14.5. The molecule has 1 N–H and O–H groups in total. The van der Waals surface area contributed by atoms with E-state index in [1.165, 1.54) is 6.92 Å². The lowest BCUT2D eigenvalue weighted by Crippen LogP contribution is -2.33. The smallest absolute Gasteiger partial charge is 0.240 e. The third kappa shape index (κ3) is 3.20. The molecule has 1 aliphatic rings. The number of carbonyl (C=O) groups is 1. The van der Waals surface area contributed by atoms with Gasteiger partial charge in [0.05, 0.1) is 4.90 Å². The Morgan fingerprint density at radius 1 is 1.21 bits per heavy atom. The van der Waals surface area contributed by atoms with Gasteiger partial charge in [-0.15, -0.1) is 0 Å². The molecule has 0 radical (unpaired) electrons. The number of nitrogens with zero attached hydrogens (tertiary/aromatic N) is 1. The van der Waals surface area contributed by atoms with E-state index in [2.05, 4.69) is 4.72 Å². The molecular weight excluding hydrogens is 324 g/mol. The first kappa shape index (κ1) is 16.7. The Hall–Kier alpha value is -2.18. The highest BCUT2D eigenvalue weighted by molar-refractivity contribution is 7.89. The Bertz CT molecular complexity index is 863. The second kappa shape index (κ2) is 6.37. The van der Waals surface area contributed by atoms with Gasteiger partial charge in [0.15, 0.2) is 0 Å². The van der Waals surface area contributed by atoms with Crippen LogP contribution in [0.4, 0.5) is 5.69 Å². The molecule has 24 heavy (non-hydrogen) atoms. The minimum absolute atomic E-state index is 0.0286. The third-order valence-electron chi connectivity index (χ3n) is 4.23. The van der Waals surface area contributed by atoms with Crippen molar-refractivity contribution in [2.24, 2.45) is 0 Å². The van der Waals surface area contributed by atoms with Crippen molar-refractivity contribution in [3.63, 3.8) is 0 Å². The molecule has 1 heterocycles. The quantitative estimate of drug-likeness (QED) is 0.926. The number of carbonyl (C=O) groups excluding carboxylic acids is 1. The summed E-state index contributed by atoms with van der Waals surface area (Å²) in [7, 11) is -3.59. The van der Waals surface area contributed by atoms with Gasteiger partial charge in [-0.2, -0.15) is 0 Å². The largest absolute Gasteiger partial charge is 0.309 e. The molecule has 1 aliphatic heterocycles. The van der Waals surface area contributed by atoms with Crippen molar-refractivity contribution in [1.29, 1.82) is 0 Å². The van der Waals surface area contributed by atoms with E-state index < -0.39 is 10.0 Å². The Kier molecular flexibility index (Phi) is 4.43. The highest BCUT2D eigenvalue weighted by Gasteiger charge is 2.30. The van der Waals surface area contributed by atoms with Crippen molar-refractivity contribution in [2.75, 3.05) is 4.90 Å². The van der Waals surface area contributed by atoms with Crippen LogP contribution in [0, 0.1) is 0 Å². The molecule has 1 unspecified atom stereocenters. The standard InChI is InChI=1S/C18H20N2O3S/c1-13-10-16-11-17(8-9-18(16)20(13)14(2)21)24(22,23)19-12-15-6-4-3-5-7-15/h3-9,11,13,19H,10,12H2,1-2H3. The molecule has 0 bridgehead atoms. The highest BCUT2D eigenvalue weighted by atomic mass is 32.2. The molecule has 0 aliphatic carbocycles. The number of hydrogen-bond donors (Lipinski definition) is 1. The fraction of sp³-hybridized carbons (Fsp3) is 0.278. The van der Waals surface area contributed by atoms with E-state index in [1.807, 2.05) is 37.3 Å². The van der Waals surface area contributed by atoms with Gasteiger partial charge >= 0.3 is 0 Å². The van der Waals surface area contributed by atoms with Crippen molar-refractivity contribution in [3.8, 4) is 0 Å². The van der Waals surface area contributed by atoms with Gasteiger partial charge in [-0.05, 0) is 42.7 Å². The maximum atomic E-state index is 12.5. The van der Waals surface area contributed by atoms with Crippen molar-refractivity contribution in [1.82, 2.24) is 4.72 Å². The molecule has 6 heteroatoms. The van der Waals surface area contributed by atoms with Crippen LogP contribution < -0.4 is 9.62 Å². The molecule has 0 saturated heterocycles. The van der Waals surface area contributed by atoms with Crippen LogP contribution in [0.25, 0.3) is 0 Å². The summed E-state index contributed by atoms with van der Waals surface area (Å²) in [5.74, 6) is -0.0286. The van der Waals surface area contributed by atoms with Crippen LogP contribution in [0.15, 0.2) is 53.4 Å². The van der Waals surface area contributed by atoms with Crippen molar-refractivity contribution < 1.29 is 13.2 Å². The number of hydrogen-bond acceptors (Lipinski definition) is 3. The fourth-order valence-corrected chi connectivity index (χ4v) is 4.18. The molecule has 0 spiro atoms. The number of benzene rings is 2.